The van der Waals surface area contributed by atoms with E-state index in [9.17, 15) is 8.78 Å². The van der Waals surface area contributed by atoms with Crippen LogP contribution in [0.4, 0.5) is 8.78 Å². The van der Waals surface area contributed by atoms with E-state index in [-0.39, 0.29) is 0 Å². The van der Waals surface area contributed by atoms with Crippen LogP contribution in [0.2, 0.25) is 0 Å². The molecule has 1 aromatic heterocycles. The molecular weight excluding hydrogens is 198 g/mol. The summed E-state index contributed by atoms with van der Waals surface area (Å²) < 4.78 is 28.3. The Labute approximate surface area is 85.5 Å². The number of aromatic nitrogens is 1. The van der Waals surface area contributed by atoms with Crippen LogP contribution in [0.5, 0.6) is 0 Å². The molecule has 1 aliphatic heterocycles. The number of nitrogens with one attached hydrogen (secondary N) is 1. The summed E-state index contributed by atoms with van der Waals surface area (Å²) in [5.74, 6) is -1.54. The minimum atomic E-state index is -0.785. The molecule has 78 valence electrons. The van der Waals surface area contributed by atoms with Gasteiger partial charge in [0.25, 0.3) is 0 Å². The van der Waals surface area contributed by atoms with Gasteiger partial charge >= 0.3 is 0 Å². The van der Waals surface area contributed by atoms with Gasteiger partial charge in [-0.3, -0.25) is 0 Å². The SMILES string of the molecule is Fc1ccc2c(ccn2C2CNC2)c1F. The van der Waals surface area contributed by atoms with Crippen molar-refractivity contribution in [2.45, 2.75) is 6.04 Å². The zero-order valence-electron chi connectivity index (χ0n) is 8.00. The van der Waals surface area contributed by atoms with Gasteiger partial charge < -0.3 is 9.88 Å². The topological polar surface area (TPSA) is 17.0 Å². The van der Waals surface area contributed by atoms with Crippen molar-refractivity contribution in [3.8, 4) is 0 Å². The molecule has 0 aliphatic carbocycles. The molecule has 0 unspecified atom stereocenters. The van der Waals surface area contributed by atoms with Crippen molar-refractivity contribution in [2.75, 3.05) is 13.1 Å². The first-order valence-corrected chi connectivity index (χ1v) is 4.92. The molecule has 0 bridgehead atoms. The van der Waals surface area contributed by atoms with E-state index < -0.39 is 11.6 Å². The van der Waals surface area contributed by atoms with E-state index in [4.69, 9.17) is 0 Å². The van der Waals surface area contributed by atoms with E-state index in [1.54, 1.807) is 12.1 Å². The van der Waals surface area contributed by atoms with Gasteiger partial charge in [0.2, 0.25) is 0 Å². The Balaban J connectivity index is 2.21. The second-order valence-electron chi connectivity index (χ2n) is 3.83. The molecule has 0 saturated carbocycles. The second-order valence-corrected chi connectivity index (χ2v) is 3.83. The third kappa shape index (κ3) is 1.18. The number of fused-ring (bicyclic) bond motifs is 1. The summed E-state index contributed by atoms with van der Waals surface area (Å²) in [6, 6.07) is 4.81. The molecule has 0 radical (unpaired) electrons. The Hall–Kier alpha value is -1.42. The highest BCUT2D eigenvalue weighted by Crippen LogP contribution is 2.25. The van der Waals surface area contributed by atoms with Crippen molar-refractivity contribution >= 4 is 10.9 Å². The van der Waals surface area contributed by atoms with E-state index in [0.717, 1.165) is 18.6 Å². The fourth-order valence-electron chi connectivity index (χ4n) is 1.96. The van der Waals surface area contributed by atoms with Crippen LogP contribution < -0.4 is 5.32 Å². The summed E-state index contributed by atoms with van der Waals surface area (Å²) in [5, 5.41) is 3.51. The van der Waals surface area contributed by atoms with Gasteiger partial charge in [-0.25, -0.2) is 8.78 Å². The van der Waals surface area contributed by atoms with Crippen LogP contribution in [0, 0.1) is 11.6 Å². The van der Waals surface area contributed by atoms with E-state index in [2.05, 4.69) is 5.32 Å². The highest BCUT2D eigenvalue weighted by molar-refractivity contribution is 5.81. The van der Waals surface area contributed by atoms with Crippen molar-refractivity contribution in [1.82, 2.24) is 9.88 Å². The maximum Gasteiger partial charge on any atom is 0.168 e. The predicted octanol–water partition coefficient (Wildman–Crippen LogP) is 2.06. The zero-order chi connectivity index (χ0) is 10.4. The van der Waals surface area contributed by atoms with E-state index in [1.807, 2.05) is 10.8 Å². The molecule has 15 heavy (non-hydrogen) atoms. The molecule has 2 aromatic rings. The standard InChI is InChI=1S/C11H10F2N2/c12-9-1-2-10-8(11(9)13)3-4-15(10)7-5-14-6-7/h1-4,7,14H,5-6H2. The molecular formula is C11H10F2N2. The normalized spacial score (nSPS) is 16.9. The number of halogens is 2. The monoisotopic (exact) mass is 208 g/mol. The number of benzene rings is 1. The molecule has 4 heteroatoms. The maximum atomic E-state index is 13.4. The third-order valence-electron chi connectivity index (χ3n) is 2.94. The molecule has 0 amide bonds. The Morgan fingerprint density at radius 3 is 2.67 bits per heavy atom. The second kappa shape index (κ2) is 3.03. The van der Waals surface area contributed by atoms with Gasteiger partial charge in [0.1, 0.15) is 0 Å². The molecule has 1 N–H and O–H groups in total. The van der Waals surface area contributed by atoms with Crippen molar-refractivity contribution in [3.63, 3.8) is 0 Å². The van der Waals surface area contributed by atoms with Crippen LogP contribution >= 0.6 is 0 Å². The Morgan fingerprint density at radius 2 is 2.00 bits per heavy atom. The van der Waals surface area contributed by atoms with Crippen LogP contribution in [-0.2, 0) is 0 Å². The van der Waals surface area contributed by atoms with Crippen LogP contribution in [0.25, 0.3) is 10.9 Å². The average molecular weight is 208 g/mol. The lowest BCUT2D eigenvalue weighted by Gasteiger charge is -2.29. The fraction of sp³-hybridized carbons (Fsp3) is 0.273. The van der Waals surface area contributed by atoms with Crippen molar-refractivity contribution in [1.29, 1.82) is 0 Å². The van der Waals surface area contributed by atoms with Gasteiger partial charge in [0.05, 0.1) is 11.6 Å². The van der Waals surface area contributed by atoms with Crippen LogP contribution in [0.1, 0.15) is 6.04 Å². The Kier molecular flexibility index (Phi) is 1.79. The maximum absolute atomic E-state index is 13.4. The number of nitrogens with zero attached hydrogens (tertiary/aromatic N) is 1. The average Bonchev–Trinajstić information content (AvgIpc) is 2.54. The third-order valence-corrected chi connectivity index (χ3v) is 2.94. The summed E-state index contributed by atoms with van der Waals surface area (Å²) in [7, 11) is 0. The highest BCUT2D eigenvalue weighted by atomic mass is 19.2. The van der Waals surface area contributed by atoms with Gasteiger partial charge in [-0.1, -0.05) is 0 Å². The Bertz CT molecular complexity index is 515. The van der Waals surface area contributed by atoms with Gasteiger partial charge in [-0.05, 0) is 18.2 Å². The molecule has 0 spiro atoms. The van der Waals surface area contributed by atoms with Crippen molar-refractivity contribution in [3.05, 3.63) is 36.0 Å². The molecule has 1 saturated heterocycles. The zero-order valence-corrected chi connectivity index (χ0v) is 8.00. The Morgan fingerprint density at radius 1 is 1.20 bits per heavy atom. The number of hydrogen-bond donors (Lipinski definition) is 1. The van der Waals surface area contributed by atoms with Gasteiger partial charge in [-0.2, -0.15) is 0 Å². The van der Waals surface area contributed by atoms with E-state index >= 15 is 0 Å². The first-order valence-electron chi connectivity index (χ1n) is 4.92. The van der Waals surface area contributed by atoms with Gasteiger partial charge in [0.15, 0.2) is 11.6 Å². The largest absolute Gasteiger partial charge is 0.342 e. The number of hydrogen-bond acceptors (Lipinski definition) is 1. The van der Waals surface area contributed by atoms with Crippen LogP contribution in [0.15, 0.2) is 24.4 Å². The summed E-state index contributed by atoms with van der Waals surface area (Å²) in [6.45, 7) is 1.78. The smallest absolute Gasteiger partial charge is 0.168 e. The summed E-state index contributed by atoms with van der Waals surface area (Å²) in [4.78, 5) is 0. The lowest BCUT2D eigenvalue weighted by atomic mass is 10.1. The molecule has 1 aromatic carbocycles. The van der Waals surface area contributed by atoms with Crippen molar-refractivity contribution < 1.29 is 8.78 Å². The van der Waals surface area contributed by atoms with Crippen LogP contribution in [-0.4, -0.2) is 17.7 Å². The predicted molar refractivity (Wildman–Crippen MR) is 53.8 cm³/mol. The molecule has 0 atom stereocenters. The fourth-order valence-corrected chi connectivity index (χ4v) is 1.96. The molecule has 2 heterocycles. The minimum Gasteiger partial charge on any atom is -0.342 e. The lowest BCUT2D eigenvalue weighted by molar-refractivity contribution is 0.351. The van der Waals surface area contributed by atoms with Crippen LogP contribution in [0.3, 0.4) is 0 Å². The summed E-state index contributed by atoms with van der Waals surface area (Å²) in [5.41, 5.74) is 0.764. The van der Waals surface area contributed by atoms with Crippen molar-refractivity contribution in [2.24, 2.45) is 0 Å². The highest BCUT2D eigenvalue weighted by Gasteiger charge is 2.21. The first kappa shape index (κ1) is 8.85. The lowest BCUT2D eigenvalue weighted by Crippen LogP contribution is -2.43. The quantitative estimate of drug-likeness (QED) is 0.759. The summed E-state index contributed by atoms with van der Waals surface area (Å²) in [6.07, 6.45) is 1.82. The van der Waals surface area contributed by atoms with Gasteiger partial charge in [-0.15, -0.1) is 0 Å². The molecule has 3 rings (SSSR count). The van der Waals surface area contributed by atoms with Gasteiger partial charge in [0, 0.05) is 24.7 Å². The minimum absolute atomic E-state index is 0.363. The molecule has 1 fully saturated rings. The first-order chi connectivity index (χ1) is 7.27. The van der Waals surface area contributed by atoms with E-state index in [0.29, 0.717) is 11.4 Å². The number of rotatable bonds is 1. The molecule has 1 aliphatic rings. The molecule has 2 nitrogen and oxygen atoms in total. The summed E-state index contributed by atoms with van der Waals surface area (Å²) >= 11 is 0. The van der Waals surface area contributed by atoms with E-state index in [1.165, 1.54) is 6.07 Å².